The Kier molecular flexibility index (Phi) is 7.65. The Balaban J connectivity index is 1.53. The number of morpholine rings is 1. The second kappa shape index (κ2) is 10.3. The van der Waals surface area contributed by atoms with E-state index in [-0.39, 0.29) is 12.1 Å². The molecule has 2 saturated heterocycles. The standard InChI is InChI=1S/C24H32Cl2N4O4/c1-24(2,3)34-23(32)28-6-4-17(5-7-28)30-21-15-19(26)18(25)14-20(21)29(22(30)16-31)9-8-27-10-12-33-13-11-27/h14-15,17H,4-13H2,1-3H3. The van der Waals surface area contributed by atoms with Gasteiger partial charge in [0.05, 0.1) is 34.6 Å². The van der Waals surface area contributed by atoms with Crippen LogP contribution < -0.4 is 9.80 Å². The minimum Gasteiger partial charge on any atom is -0.444 e. The third-order valence-electron chi connectivity index (χ3n) is 6.37. The SMILES string of the molecule is CC(C)(C)OC(=O)N1CCC(N2C(=C=O)N(CCN3CCOCC3)c3cc(Cl)c(Cl)cc32)CC1. The topological polar surface area (TPSA) is 65.6 Å². The molecule has 0 aliphatic carbocycles. The Morgan fingerprint density at radius 2 is 1.68 bits per heavy atom. The van der Waals surface area contributed by atoms with Crippen LogP contribution in [0.2, 0.25) is 10.0 Å². The summed E-state index contributed by atoms with van der Waals surface area (Å²) in [4.78, 5) is 32.8. The minimum absolute atomic E-state index is 0.0273. The maximum Gasteiger partial charge on any atom is 0.410 e. The van der Waals surface area contributed by atoms with E-state index >= 15 is 0 Å². The van der Waals surface area contributed by atoms with E-state index in [1.165, 1.54) is 0 Å². The fourth-order valence-electron chi connectivity index (χ4n) is 4.69. The Bertz CT molecular complexity index is 962. The molecule has 2 fully saturated rings. The highest BCUT2D eigenvalue weighted by molar-refractivity contribution is 6.42. The Labute approximate surface area is 210 Å². The molecule has 186 valence electrons. The van der Waals surface area contributed by atoms with Crippen LogP contribution in [-0.2, 0) is 14.3 Å². The number of ether oxygens (including phenoxy) is 2. The number of benzene rings is 1. The fourth-order valence-corrected chi connectivity index (χ4v) is 5.01. The van der Waals surface area contributed by atoms with E-state index < -0.39 is 5.60 Å². The molecule has 8 nitrogen and oxygen atoms in total. The quantitative estimate of drug-likeness (QED) is 0.566. The average molecular weight is 511 g/mol. The first kappa shape index (κ1) is 25.1. The summed E-state index contributed by atoms with van der Waals surface area (Å²) in [5.41, 5.74) is 1.17. The molecule has 10 heteroatoms. The van der Waals surface area contributed by atoms with E-state index in [0.717, 1.165) is 44.2 Å². The van der Waals surface area contributed by atoms with Crippen molar-refractivity contribution in [1.29, 1.82) is 0 Å². The number of hydrogen-bond acceptors (Lipinski definition) is 7. The summed E-state index contributed by atoms with van der Waals surface area (Å²) in [5.74, 6) is 2.65. The fraction of sp³-hybridized carbons (Fsp3) is 0.625. The summed E-state index contributed by atoms with van der Waals surface area (Å²) in [5, 5.41) is 0.889. The van der Waals surface area contributed by atoms with Gasteiger partial charge in [-0.1, -0.05) is 23.2 Å². The van der Waals surface area contributed by atoms with E-state index in [1.54, 1.807) is 4.90 Å². The molecular weight excluding hydrogens is 479 g/mol. The summed E-state index contributed by atoms with van der Waals surface area (Å²) in [6.07, 6.45) is 1.09. The van der Waals surface area contributed by atoms with E-state index in [0.29, 0.717) is 48.3 Å². The lowest BCUT2D eigenvalue weighted by Gasteiger charge is -2.38. The Morgan fingerprint density at radius 1 is 1.06 bits per heavy atom. The third-order valence-corrected chi connectivity index (χ3v) is 7.09. The highest BCUT2D eigenvalue weighted by atomic mass is 35.5. The van der Waals surface area contributed by atoms with Crippen molar-refractivity contribution in [1.82, 2.24) is 9.80 Å². The number of amides is 1. The van der Waals surface area contributed by atoms with Crippen LogP contribution in [0.1, 0.15) is 33.6 Å². The highest BCUT2D eigenvalue weighted by Crippen LogP contribution is 2.47. The second-order valence-corrected chi connectivity index (χ2v) is 10.7. The lowest BCUT2D eigenvalue weighted by Crippen LogP contribution is -2.48. The van der Waals surface area contributed by atoms with Gasteiger partial charge in [0.2, 0.25) is 5.82 Å². The van der Waals surface area contributed by atoms with Crippen LogP contribution in [0, 0.1) is 0 Å². The third kappa shape index (κ3) is 5.47. The van der Waals surface area contributed by atoms with Crippen molar-refractivity contribution in [3.8, 4) is 0 Å². The van der Waals surface area contributed by atoms with E-state index in [9.17, 15) is 9.59 Å². The minimum atomic E-state index is -0.535. The van der Waals surface area contributed by atoms with Gasteiger partial charge in [0.15, 0.2) is 5.94 Å². The first-order valence-electron chi connectivity index (χ1n) is 11.8. The number of anilines is 2. The molecule has 0 saturated carbocycles. The number of carbonyl (C=O) groups is 1. The maximum atomic E-state index is 12.5. The molecule has 3 aliphatic heterocycles. The van der Waals surface area contributed by atoms with Crippen molar-refractivity contribution >= 4 is 46.6 Å². The highest BCUT2D eigenvalue weighted by Gasteiger charge is 2.39. The molecule has 0 aromatic heterocycles. The van der Waals surface area contributed by atoms with Crippen molar-refractivity contribution in [3.63, 3.8) is 0 Å². The molecule has 1 amide bonds. The van der Waals surface area contributed by atoms with Gasteiger partial charge in [-0.2, -0.15) is 0 Å². The number of carbonyl (C=O) groups excluding carboxylic acids is 2. The number of halogens is 2. The summed E-state index contributed by atoms with van der Waals surface area (Å²) in [6.45, 7) is 11.3. The Morgan fingerprint density at radius 3 is 2.26 bits per heavy atom. The molecule has 3 heterocycles. The molecule has 0 radical (unpaired) electrons. The van der Waals surface area contributed by atoms with Gasteiger partial charge in [0, 0.05) is 45.3 Å². The monoisotopic (exact) mass is 510 g/mol. The molecule has 0 N–H and O–H groups in total. The first-order chi connectivity index (χ1) is 16.2. The first-order valence-corrected chi connectivity index (χ1v) is 12.5. The van der Waals surface area contributed by atoms with Crippen LogP contribution in [0.25, 0.3) is 0 Å². The molecular formula is C24H32Cl2N4O4. The number of rotatable bonds is 4. The number of nitrogens with zero attached hydrogens (tertiary/aromatic N) is 4. The summed E-state index contributed by atoms with van der Waals surface area (Å²) >= 11 is 12.8. The van der Waals surface area contributed by atoms with Crippen LogP contribution in [-0.4, -0.2) is 86.0 Å². The molecule has 0 atom stereocenters. The second-order valence-electron chi connectivity index (χ2n) is 9.85. The van der Waals surface area contributed by atoms with Crippen LogP contribution >= 0.6 is 23.2 Å². The summed E-state index contributed by atoms with van der Waals surface area (Å²) in [7, 11) is 0. The molecule has 34 heavy (non-hydrogen) atoms. The van der Waals surface area contributed by atoms with Crippen LogP contribution in [0.4, 0.5) is 16.2 Å². The van der Waals surface area contributed by atoms with Gasteiger partial charge in [-0.25, -0.2) is 9.59 Å². The molecule has 0 unspecified atom stereocenters. The van der Waals surface area contributed by atoms with Gasteiger partial charge < -0.3 is 24.2 Å². The van der Waals surface area contributed by atoms with Gasteiger partial charge in [-0.15, -0.1) is 0 Å². The molecule has 3 aliphatic rings. The van der Waals surface area contributed by atoms with Crippen molar-refractivity contribution in [2.75, 3.05) is 62.3 Å². The summed E-state index contributed by atoms with van der Waals surface area (Å²) in [6, 6.07) is 3.68. The number of fused-ring (bicyclic) bond motifs is 1. The van der Waals surface area contributed by atoms with E-state index in [1.807, 2.05) is 42.7 Å². The predicted octanol–water partition coefficient (Wildman–Crippen LogP) is 4.02. The van der Waals surface area contributed by atoms with Gasteiger partial charge >= 0.3 is 6.09 Å². The predicted molar refractivity (Wildman–Crippen MR) is 134 cm³/mol. The van der Waals surface area contributed by atoms with Crippen LogP contribution in [0.15, 0.2) is 18.0 Å². The molecule has 4 rings (SSSR count). The zero-order chi connectivity index (χ0) is 24.5. The number of likely N-dealkylation sites (tertiary alicyclic amines) is 1. The van der Waals surface area contributed by atoms with Crippen LogP contribution in [0.5, 0.6) is 0 Å². The average Bonchev–Trinajstić information content (AvgIpc) is 3.09. The normalized spacial score (nSPS) is 19.9. The largest absolute Gasteiger partial charge is 0.444 e. The zero-order valence-corrected chi connectivity index (χ0v) is 21.5. The molecule has 1 aromatic carbocycles. The number of hydrogen-bond donors (Lipinski definition) is 0. The van der Waals surface area contributed by atoms with Crippen molar-refractivity contribution in [3.05, 3.63) is 28.0 Å². The molecule has 0 bridgehead atoms. The van der Waals surface area contributed by atoms with Crippen molar-refractivity contribution in [2.45, 2.75) is 45.3 Å². The van der Waals surface area contributed by atoms with E-state index in [2.05, 4.69) is 10.8 Å². The van der Waals surface area contributed by atoms with E-state index in [4.69, 9.17) is 32.7 Å². The maximum absolute atomic E-state index is 12.5. The number of piperidine rings is 1. The van der Waals surface area contributed by atoms with Gasteiger partial charge in [-0.05, 0) is 45.7 Å². The molecule has 0 spiro atoms. The summed E-state index contributed by atoms with van der Waals surface area (Å²) < 4.78 is 11.0. The van der Waals surface area contributed by atoms with Crippen molar-refractivity contribution in [2.24, 2.45) is 0 Å². The lowest BCUT2D eigenvalue weighted by atomic mass is 10.0. The molecule has 1 aromatic rings. The van der Waals surface area contributed by atoms with Gasteiger partial charge in [0.1, 0.15) is 5.60 Å². The van der Waals surface area contributed by atoms with Crippen molar-refractivity contribution < 1.29 is 19.1 Å². The van der Waals surface area contributed by atoms with Gasteiger partial charge in [0.25, 0.3) is 0 Å². The lowest BCUT2D eigenvalue weighted by molar-refractivity contribution is 0.0206. The smallest absolute Gasteiger partial charge is 0.410 e. The van der Waals surface area contributed by atoms with Gasteiger partial charge in [-0.3, -0.25) is 4.90 Å². The Hall–Kier alpha value is -1.96. The van der Waals surface area contributed by atoms with Crippen LogP contribution in [0.3, 0.4) is 0 Å². The zero-order valence-electron chi connectivity index (χ0n) is 20.0.